The number of pyridine rings is 1. The molecular formula is C17H14F2N4O. The predicted octanol–water partition coefficient (Wildman–Crippen LogP) is 2.69. The van der Waals surface area contributed by atoms with Gasteiger partial charge in [-0.3, -0.25) is 14.5 Å². The summed E-state index contributed by atoms with van der Waals surface area (Å²) in [5.41, 5.74) is 2.07. The van der Waals surface area contributed by atoms with Gasteiger partial charge >= 0.3 is 0 Å². The zero-order valence-corrected chi connectivity index (χ0v) is 12.8. The maximum Gasteiger partial charge on any atom is 0.272 e. The van der Waals surface area contributed by atoms with Crippen molar-refractivity contribution < 1.29 is 13.6 Å². The number of nitrogens with one attached hydrogen (secondary N) is 1. The molecule has 1 amide bonds. The molecule has 0 radical (unpaired) electrons. The zero-order valence-electron chi connectivity index (χ0n) is 12.8. The average Bonchev–Trinajstić information content (AvgIpc) is 2.98. The second kappa shape index (κ2) is 6.57. The third kappa shape index (κ3) is 3.29. The third-order valence-electron chi connectivity index (χ3n) is 3.53. The fourth-order valence-corrected chi connectivity index (χ4v) is 2.28. The summed E-state index contributed by atoms with van der Waals surface area (Å²) in [7, 11) is 1.64. The SMILES string of the molecule is Cn1nc(C(=O)NCc2ccncc2)cc1-c1ccc(F)c(F)c1. The first-order chi connectivity index (χ1) is 11.5. The molecule has 2 heterocycles. The van der Waals surface area contributed by atoms with Gasteiger partial charge in [-0.2, -0.15) is 5.10 Å². The van der Waals surface area contributed by atoms with Crippen LogP contribution in [0.2, 0.25) is 0 Å². The molecule has 0 spiro atoms. The van der Waals surface area contributed by atoms with Crippen molar-refractivity contribution in [2.24, 2.45) is 7.05 Å². The van der Waals surface area contributed by atoms with E-state index in [9.17, 15) is 13.6 Å². The highest BCUT2D eigenvalue weighted by atomic mass is 19.2. The van der Waals surface area contributed by atoms with E-state index in [1.165, 1.54) is 16.8 Å². The van der Waals surface area contributed by atoms with Crippen molar-refractivity contribution in [1.82, 2.24) is 20.1 Å². The van der Waals surface area contributed by atoms with Gasteiger partial charge in [0.05, 0.1) is 5.69 Å². The predicted molar refractivity (Wildman–Crippen MR) is 84.0 cm³/mol. The van der Waals surface area contributed by atoms with Crippen molar-refractivity contribution in [3.05, 3.63) is 71.7 Å². The second-order valence-electron chi connectivity index (χ2n) is 5.21. The van der Waals surface area contributed by atoms with Crippen LogP contribution in [0.1, 0.15) is 16.1 Å². The number of halogens is 2. The van der Waals surface area contributed by atoms with E-state index < -0.39 is 11.6 Å². The van der Waals surface area contributed by atoms with Crippen LogP contribution in [-0.2, 0) is 13.6 Å². The van der Waals surface area contributed by atoms with Crippen molar-refractivity contribution in [1.29, 1.82) is 0 Å². The number of benzene rings is 1. The number of aryl methyl sites for hydroxylation is 1. The molecule has 0 saturated heterocycles. The first kappa shape index (κ1) is 15.8. The van der Waals surface area contributed by atoms with Crippen LogP contribution < -0.4 is 5.32 Å². The highest BCUT2D eigenvalue weighted by Gasteiger charge is 2.15. The van der Waals surface area contributed by atoms with Crippen LogP contribution in [0.5, 0.6) is 0 Å². The molecule has 0 saturated carbocycles. The van der Waals surface area contributed by atoms with Gasteiger partial charge in [0.25, 0.3) is 5.91 Å². The molecule has 122 valence electrons. The van der Waals surface area contributed by atoms with Crippen LogP contribution in [0.25, 0.3) is 11.3 Å². The molecule has 3 rings (SSSR count). The molecule has 2 aromatic heterocycles. The normalized spacial score (nSPS) is 10.6. The lowest BCUT2D eigenvalue weighted by molar-refractivity contribution is 0.0945. The van der Waals surface area contributed by atoms with Crippen LogP contribution in [-0.4, -0.2) is 20.7 Å². The lowest BCUT2D eigenvalue weighted by atomic mass is 10.1. The van der Waals surface area contributed by atoms with Crippen LogP contribution in [0.4, 0.5) is 8.78 Å². The second-order valence-corrected chi connectivity index (χ2v) is 5.21. The average molecular weight is 328 g/mol. The van der Waals surface area contributed by atoms with Crippen molar-refractivity contribution in [3.8, 4) is 11.3 Å². The number of hydrogen-bond donors (Lipinski definition) is 1. The molecular weight excluding hydrogens is 314 g/mol. The van der Waals surface area contributed by atoms with Crippen molar-refractivity contribution in [2.75, 3.05) is 0 Å². The van der Waals surface area contributed by atoms with Gasteiger partial charge in [-0.15, -0.1) is 0 Å². The lowest BCUT2D eigenvalue weighted by Gasteiger charge is -2.02. The molecule has 1 N–H and O–H groups in total. The minimum Gasteiger partial charge on any atom is -0.347 e. The van der Waals surface area contributed by atoms with Crippen molar-refractivity contribution in [3.63, 3.8) is 0 Å². The summed E-state index contributed by atoms with van der Waals surface area (Å²) in [4.78, 5) is 16.1. The van der Waals surface area contributed by atoms with E-state index in [0.29, 0.717) is 17.8 Å². The Hall–Kier alpha value is -3.09. The zero-order chi connectivity index (χ0) is 17.1. The lowest BCUT2D eigenvalue weighted by Crippen LogP contribution is -2.23. The molecule has 1 aromatic carbocycles. The van der Waals surface area contributed by atoms with Gasteiger partial charge in [-0.25, -0.2) is 8.78 Å². The van der Waals surface area contributed by atoms with Gasteiger partial charge < -0.3 is 5.32 Å². The summed E-state index contributed by atoms with van der Waals surface area (Å²) in [6, 6.07) is 8.69. The van der Waals surface area contributed by atoms with Gasteiger partial charge in [0.2, 0.25) is 0 Å². The molecule has 5 nitrogen and oxygen atoms in total. The first-order valence-electron chi connectivity index (χ1n) is 7.21. The molecule has 24 heavy (non-hydrogen) atoms. The van der Waals surface area contributed by atoms with E-state index in [1.54, 1.807) is 31.6 Å². The summed E-state index contributed by atoms with van der Waals surface area (Å²) >= 11 is 0. The fourth-order valence-electron chi connectivity index (χ4n) is 2.28. The number of carbonyl (C=O) groups is 1. The first-order valence-corrected chi connectivity index (χ1v) is 7.21. The molecule has 0 aliphatic carbocycles. The molecule has 0 aliphatic heterocycles. The molecule has 7 heteroatoms. The van der Waals surface area contributed by atoms with Crippen LogP contribution in [0.3, 0.4) is 0 Å². The number of aromatic nitrogens is 3. The van der Waals surface area contributed by atoms with Gasteiger partial charge in [-0.05, 0) is 42.0 Å². The molecule has 0 unspecified atom stereocenters. The maximum atomic E-state index is 13.4. The standard InChI is InChI=1S/C17H14F2N4O/c1-23-16(12-2-3-13(18)14(19)8-12)9-15(22-23)17(24)21-10-11-4-6-20-7-5-11/h2-9H,10H2,1H3,(H,21,24). The Labute approximate surface area is 137 Å². The highest BCUT2D eigenvalue weighted by Crippen LogP contribution is 2.22. The van der Waals surface area contributed by atoms with Crippen LogP contribution in [0.15, 0.2) is 48.8 Å². The summed E-state index contributed by atoms with van der Waals surface area (Å²) in [6.45, 7) is 0.346. The van der Waals surface area contributed by atoms with Crippen molar-refractivity contribution in [2.45, 2.75) is 6.54 Å². The van der Waals surface area contributed by atoms with E-state index in [4.69, 9.17) is 0 Å². The maximum absolute atomic E-state index is 13.4. The van der Waals surface area contributed by atoms with Crippen LogP contribution in [0, 0.1) is 11.6 Å². The number of hydrogen-bond acceptors (Lipinski definition) is 3. The minimum absolute atomic E-state index is 0.200. The van der Waals surface area contributed by atoms with E-state index in [0.717, 1.165) is 17.7 Å². The Kier molecular flexibility index (Phi) is 4.33. The molecule has 0 atom stereocenters. The summed E-state index contributed by atoms with van der Waals surface area (Å²) < 4.78 is 27.9. The molecule has 0 aliphatic rings. The fraction of sp³-hybridized carbons (Fsp3) is 0.118. The van der Waals surface area contributed by atoms with Gasteiger partial charge in [0, 0.05) is 31.5 Å². The number of carbonyl (C=O) groups excluding carboxylic acids is 1. The minimum atomic E-state index is -0.947. The van der Waals surface area contributed by atoms with Crippen LogP contribution >= 0.6 is 0 Å². The topological polar surface area (TPSA) is 59.8 Å². The van der Waals surface area contributed by atoms with E-state index in [-0.39, 0.29) is 11.6 Å². The van der Waals surface area contributed by atoms with Gasteiger partial charge in [-0.1, -0.05) is 0 Å². The Bertz CT molecular complexity index is 878. The summed E-state index contributed by atoms with van der Waals surface area (Å²) in [6.07, 6.45) is 3.28. The van der Waals surface area contributed by atoms with E-state index in [1.807, 2.05) is 0 Å². The summed E-state index contributed by atoms with van der Waals surface area (Å²) in [5.74, 6) is -2.22. The smallest absolute Gasteiger partial charge is 0.272 e. The largest absolute Gasteiger partial charge is 0.347 e. The van der Waals surface area contributed by atoms with Gasteiger partial charge in [0.15, 0.2) is 17.3 Å². The highest BCUT2D eigenvalue weighted by molar-refractivity contribution is 5.93. The van der Waals surface area contributed by atoms with E-state index in [2.05, 4.69) is 15.4 Å². The molecule has 0 fully saturated rings. The third-order valence-corrected chi connectivity index (χ3v) is 3.53. The Morgan fingerprint density at radius 1 is 1.12 bits per heavy atom. The summed E-state index contributed by atoms with van der Waals surface area (Å²) in [5, 5.41) is 6.88. The van der Waals surface area contributed by atoms with Crippen molar-refractivity contribution >= 4 is 5.91 Å². The Balaban J connectivity index is 1.78. The Morgan fingerprint density at radius 2 is 1.88 bits per heavy atom. The number of amides is 1. The monoisotopic (exact) mass is 328 g/mol. The molecule has 0 bridgehead atoms. The Morgan fingerprint density at radius 3 is 2.58 bits per heavy atom. The number of rotatable bonds is 4. The quantitative estimate of drug-likeness (QED) is 0.801. The van der Waals surface area contributed by atoms with E-state index >= 15 is 0 Å². The molecule has 3 aromatic rings. The van der Waals surface area contributed by atoms with Gasteiger partial charge in [0.1, 0.15) is 0 Å². The number of nitrogens with zero attached hydrogens (tertiary/aromatic N) is 3.